The highest BCUT2D eigenvalue weighted by Crippen LogP contribution is 2.16. The molecule has 0 heterocycles. The summed E-state index contributed by atoms with van der Waals surface area (Å²) in [6.45, 7) is 2.03. The SMILES string of the molecule is Cc1cccc(OCC(=O)Oc2cccc(C(=O)OCCOc3ccccc3)c2)c1. The lowest BCUT2D eigenvalue weighted by atomic mass is 10.2. The van der Waals surface area contributed by atoms with Crippen LogP contribution in [-0.2, 0) is 9.53 Å². The highest BCUT2D eigenvalue weighted by atomic mass is 16.6. The number of aryl methyl sites for hydroxylation is 1. The molecule has 0 unspecified atom stereocenters. The first-order valence-corrected chi connectivity index (χ1v) is 9.45. The van der Waals surface area contributed by atoms with E-state index in [1.165, 1.54) is 6.07 Å². The Morgan fingerprint density at radius 2 is 1.47 bits per heavy atom. The van der Waals surface area contributed by atoms with Gasteiger partial charge in [-0.25, -0.2) is 9.59 Å². The monoisotopic (exact) mass is 406 g/mol. The summed E-state index contributed by atoms with van der Waals surface area (Å²) in [4.78, 5) is 24.2. The Kier molecular flexibility index (Phi) is 7.44. The number of hydrogen-bond acceptors (Lipinski definition) is 6. The fraction of sp³-hybridized carbons (Fsp3) is 0.167. The molecule has 0 aromatic heterocycles. The number of esters is 2. The van der Waals surface area contributed by atoms with E-state index in [0.29, 0.717) is 11.5 Å². The summed E-state index contributed by atoms with van der Waals surface area (Å²) in [6.07, 6.45) is 0. The van der Waals surface area contributed by atoms with Crippen molar-refractivity contribution < 1.29 is 28.5 Å². The van der Waals surface area contributed by atoms with Gasteiger partial charge in [0.15, 0.2) is 6.61 Å². The van der Waals surface area contributed by atoms with Gasteiger partial charge in [0.25, 0.3) is 0 Å². The Balaban J connectivity index is 1.45. The molecule has 0 saturated carbocycles. The van der Waals surface area contributed by atoms with Crippen molar-refractivity contribution in [2.24, 2.45) is 0 Å². The summed E-state index contributed by atoms with van der Waals surface area (Å²) >= 11 is 0. The van der Waals surface area contributed by atoms with Gasteiger partial charge in [0.05, 0.1) is 5.56 Å². The topological polar surface area (TPSA) is 71.1 Å². The van der Waals surface area contributed by atoms with Gasteiger partial charge in [-0.15, -0.1) is 0 Å². The minimum atomic E-state index is -0.571. The zero-order valence-electron chi connectivity index (χ0n) is 16.6. The quantitative estimate of drug-likeness (QED) is 0.301. The number of carbonyl (C=O) groups excluding carboxylic acids is 2. The Morgan fingerprint density at radius 1 is 0.733 bits per heavy atom. The molecule has 3 rings (SSSR count). The number of rotatable bonds is 9. The number of hydrogen-bond donors (Lipinski definition) is 0. The van der Waals surface area contributed by atoms with Crippen LogP contribution in [0.25, 0.3) is 0 Å². The molecule has 0 spiro atoms. The van der Waals surface area contributed by atoms with Crippen molar-refractivity contribution >= 4 is 11.9 Å². The van der Waals surface area contributed by atoms with E-state index in [2.05, 4.69) is 0 Å². The zero-order valence-corrected chi connectivity index (χ0v) is 16.6. The van der Waals surface area contributed by atoms with E-state index >= 15 is 0 Å². The maximum atomic E-state index is 12.2. The average Bonchev–Trinajstić information content (AvgIpc) is 2.76. The van der Waals surface area contributed by atoms with Crippen molar-refractivity contribution in [3.8, 4) is 17.2 Å². The van der Waals surface area contributed by atoms with E-state index in [1.807, 2.05) is 55.5 Å². The van der Waals surface area contributed by atoms with Gasteiger partial charge in [0.2, 0.25) is 0 Å². The largest absolute Gasteiger partial charge is 0.490 e. The highest BCUT2D eigenvalue weighted by Gasteiger charge is 2.11. The van der Waals surface area contributed by atoms with Gasteiger partial charge in [-0.1, -0.05) is 36.4 Å². The molecule has 30 heavy (non-hydrogen) atoms. The smallest absolute Gasteiger partial charge is 0.349 e. The molecule has 0 fully saturated rings. The van der Waals surface area contributed by atoms with Crippen LogP contribution < -0.4 is 14.2 Å². The molecule has 0 aliphatic carbocycles. The van der Waals surface area contributed by atoms with Gasteiger partial charge in [-0.3, -0.25) is 0 Å². The predicted octanol–water partition coefficient (Wildman–Crippen LogP) is 4.22. The molecule has 3 aromatic rings. The maximum absolute atomic E-state index is 12.2. The Hall–Kier alpha value is -3.80. The third-order valence-corrected chi connectivity index (χ3v) is 3.98. The standard InChI is InChI=1S/C24H22O6/c1-18-7-5-11-21(15-18)29-17-23(25)30-22-12-6-8-19(16-22)24(26)28-14-13-27-20-9-3-2-4-10-20/h2-12,15-16H,13-14,17H2,1H3. The summed E-state index contributed by atoms with van der Waals surface area (Å²) in [5, 5.41) is 0. The highest BCUT2D eigenvalue weighted by molar-refractivity contribution is 5.90. The van der Waals surface area contributed by atoms with E-state index < -0.39 is 11.9 Å². The average molecular weight is 406 g/mol. The lowest BCUT2D eigenvalue weighted by molar-refractivity contribution is -0.136. The minimum absolute atomic E-state index is 0.0993. The second kappa shape index (κ2) is 10.7. The lowest BCUT2D eigenvalue weighted by Gasteiger charge is -2.09. The van der Waals surface area contributed by atoms with Crippen LogP contribution in [0.5, 0.6) is 17.2 Å². The van der Waals surface area contributed by atoms with Gasteiger partial charge in [-0.05, 0) is 55.0 Å². The van der Waals surface area contributed by atoms with E-state index in [4.69, 9.17) is 18.9 Å². The Labute approximate surface area is 175 Å². The number of benzene rings is 3. The van der Waals surface area contributed by atoms with E-state index in [0.717, 1.165) is 5.56 Å². The first kappa shape index (κ1) is 20.9. The van der Waals surface area contributed by atoms with Gasteiger partial charge < -0.3 is 18.9 Å². The third-order valence-electron chi connectivity index (χ3n) is 3.98. The molecule has 0 atom stereocenters. The van der Waals surface area contributed by atoms with Gasteiger partial charge in [0.1, 0.15) is 30.5 Å². The third kappa shape index (κ3) is 6.67. The summed E-state index contributed by atoms with van der Waals surface area (Å²) in [5.74, 6) is 0.430. The van der Waals surface area contributed by atoms with Crippen molar-refractivity contribution in [2.45, 2.75) is 6.92 Å². The molecular weight excluding hydrogens is 384 g/mol. The fourth-order valence-electron chi connectivity index (χ4n) is 2.59. The normalized spacial score (nSPS) is 10.2. The van der Waals surface area contributed by atoms with Crippen LogP contribution in [0, 0.1) is 6.92 Å². The van der Waals surface area contributed by atoms with Crippen molar-refractivity contribution in [1.82, 2.24) is 0 Å². The summed E-state index contributed by atoms with van der Waals surface area (Å²) in [7, 11) is 0. The van der Waals surface area contributed by atoms with Crippen LogP contribution in [0.4, 0.5) is 0 Å². The van der Waals surface area contributed by atoms with Crippen molar-refractivity contribution in [2.75, 3.05) is 19.8 Å². The van der Waals surface area contributed by atoms with Crippen LogP contribution in [-0.4, -0.2) is 31.8 Å². The predicted molar refractivity (Wildman–Crippen MR) is 111 cm³/mol. The molecule has 0 saturated heterocycles. The fourth-order valence-corrected chi connectivity index (χ4v) is 2.59. The first-order valence-electron chi connectivity index (χ1n) is 9.45. The zero-order chi connectivity index (χ0) is 21.2. The molecule has 0 bridgehead atoms. The molecule has 3 aromatic carbocycles. The van der Waals surface area contributed by atoms with E-state index in [9.17, 15) is 9.59 Å². The molecule has 6 heteroatoms. The number of carbonyl (C=O) groups is 2. The van der Waals surface area contributed by atoms with Crippen molar-refractivity contribution in [1.29, 1.82) is 0 Å². The van der Waals surface area contributed by atoms with Gasteiger partial charge in [0, 0.05) is 0 Å². The molecule has 0 amide bonds. The van der Waals surface area contributed by atoms with E-state index in [1.54, 1.807) is 24.3 Å². The molecule has 0 N–H and O–H groups in total. The first-order chi connectivity index (χ1) is 14.6. The van der Waals surface area contributed by atoms with Gasteiger partial charge >= 0.3 is 11.9 Å². The second-order valence-electron chi connectivity index (χ2n) is 6.40. The Bertz CT molecular complexity index is 984. The number of para-hydroxylation sites is 1. The molecule has 0 radical (unpaired) electrons. The number of ether oxygens (including phenoxy) is 4. The van der Waals surface area contributed by atoms with Crippen LogP contribution in [0.1, 0.15) is 15.9 Å². The van der Waals surface area contributed by atoms with Crippen LogP contribution in [0.15, 0.2) is 78.9 Å². The van der Waals surface area contributed by atoms with Crippen LogP contribution in [0.2, 0.25) is 0 Å². The maximum Gasteiger partial charge on any atom is 0.349 e. The molecular formula is C24H22O6. The molecule has 0 aliphatic rings. The minimum Gasteiger partial charge on any atom is -0.490 e. The van der Waals surface area contributed by atoms with Crippen molar-refractivity contribution in [3.63, 3.8) is 0 Å². The van der Waals surface area contributed by atoms with Crippen LogP contribution >= 0.6 is 0 Å². The molecule has 0 aliphatic heterocycles. The summed E-state index contributed by atoms with van der Waals surface area (Å²) in [6, 6.07) is 22.8. The lowest BCUT2D eigenvalue weighted by Crippen LogP contribution is -2.18. The van der Waals surface area contributed by atoms with E-state index in [-0.39, 0.29) is 31.1 Å². The van der Waals surface area contributed by atoms with Gasteiger partial charge in [-0.2, -0.15) is 0 Å². The molecule has 6 nitrogen and oxygen atoms in total. The summed E-state index contributed by atoms with van der Waals surface area (Å²) in [5.41, 5.74) is 1.31. The Morgan fingerprint density at radius 3 is 2.27 bits per heavy atom. The van der Waals surface area contributed by atoms with Crippen LogP contribution in [0.3, 0.4) is 0 Å². The molecule has 154 valence electrons. The summed E-state index contributed by atoms with van der Waals surface area (Å²) < 4.78 is 21.3. The van der Waals surface area contributed by atoms with Crippen molar-refractivity contribution in [3.05, 3.63) is 90.0 Å². The second-order valence-corrected chi connectivity index (χ2v) is 6.40.